The van der Waals surface area contributed by atoms with Crippen molar-refractivity contribution in [2.24, 2.45) is 4.99 Å². The summed E-state index contributed by atoms with van der Waals surface area (Å²) in [5.41, 5.74) is 8.46. The number of hydrogen-bond acceptors (Lipinski definition) is 6. The molecule has 0 aromatic heterocycles. The van der Waals surface area contributed by atoms with Gasteiger partial charge in [-0.25, -0.2) is 0 Å². The molecule has 3 aliphatic rings. The van der Waals surface area contributed by atoms with Crippen molar-refractivity contribution in [2.75, 3.05) is 35.4 Å². The Bertz CT molecular complexity index is 1110. The zero-order valence-electron chi connectivity index (χ0n) is 19.5. The lowest BCUT2D eigenvalue weighted by atomic mass is 9.98. The Morgan fingerprint density at radius 1 is 1.09 bits per heavy atom. The maximum Gasteiger partial charge on any atom is 0.416 e. The molecule has 0 spiro atoms. The van der Waals surface area contributed by atoms with Gasteiger partial charge >= 0.3 is 6.18 Å². The smallest absolute Gasteiger partial charge is 0.416 e. The fraction of sp³-hybridized carbons (Fsp3) is 0.480. The zero-order valence-corrected chi connectivity index (χ0v) is 19.5. The third-order valence-electron chi connectivity index (χ3n) is 6.96. The summed E-state index contributed by atoms with van der Waals surface area (Å²) in [6.45, 7) is 7.94. The Morgan fingerprint density at radius 2 is 1.88 bits per heavy atom. The summed E-state index contributed by atoms with van der Waals surface area (Å²) in [4.78, 5) is 9.04. The van der Waals surface area contributed by atoms with E-state index in [9.17, 15) is 13.2 Å². The second-order valence-corrected chi connectivity index (χ2v) is 9.34. The second-order valence-electron chi connectivity index (χ2n) is 9.34. The van der Waals surface area contributed by atoms with Gasteiger partial charge in [-0.1, -0.05) is 0 Å². The van der Waals surface area contributed by atoms with E-state index in [1.165, 1.54) is 6.07 Å². The van der Waals surface area contributed by atoms with Crippen LogP contribution in [0, 0.1) is 0 Å². The highest BCUT2D eigenvalue weighted by atomic mass is 19.4. The fourth-order valence-electron chi connectivity index (χ4n) is 5.28. The first-order valence-electron chi connectivity index (χ1n) is 11.6. The second kappa shape index (κ2) is 8.37. The molecule has 5 rings (SSSR count). The molecule has 9 heteroatoms. The number of alkyl halides is 3. The quantitative estimate of drug-likeness (QED) is 0.634. The number of halogens is 3. The lowest BCUT2D eigenvalue weighted by Crippen LogP contribution is -2.48. The van der Waals surface area contributed by atoms with E-state index in [1.807, 2.05) is 31.0 Å². The SMILES string of the molecule is CC1COc2cc3c(cc2N1C1CCOC1)C=NC(C)N3[C@H](C)c1cc(N)cc(C(F)(F)F)c1. The van der Waals surface area contributed by atoms with E-state index in [-0.39, 0.29) is 17.9 Å². The van der Waals surface area contributed by atoms with E-state index in [4.69, 9.17) is 15.2 Å². The van der Waals surface area contributed by atoms with Crippen molar-refractivity contribution in [3.63, 3.8) is 0 Å². The predicted molar refractivity (Wildman–Crippen MR) is 127 cm³/mol. The molecule has 3 unspecified atom stereocenters. The summed E-state index contributed by atoms with van der Waals surface area (Å²) in [6, 6.07) is 7.92. The number of aliphatic imine (C=N–C) groups is 1. The van der Waals surface area contributed by atoms with Crippen LogP contribution in [0.3, 0.4) is 0 Å². The molecule has 2 aromatic carbocycles. The minimum atomic E-state index is -4.47. The van der Waals surface area contributed by atoms with Gasteiger partial charge in [-0.05, 0) is 57.0 Å². The molecular formula is C25H29F3N4O2. The highest BCUT2D eigenvalue weighted by Gasteiger charge is 2.36. The number of nitrogens with zero attached hydrogens (tertiary/aromatic N) is 3. The Hall–Kier alpha value is -2.94. The number of benzene rings is 2. The minimum Gasteiger partial charge on any atom is -0.489 e. The lowest BCUT2D eigenvalue weighted by Gasteiger charge is -2.43. The normalized spacial score (nSPS) is 25.1. The lowest BCUT2D eigenvalue weighted by molar-refractivity contribution is -0.137. The van der Waals surface area contributed by atoms with Crippen LogP contribution in [0.2, 0.25) is 0 Å². The predicted octanol–water partition coefficient (Wildman–Crippen LogP) is 5.01. The molecule has 4 atom stereocenters. The van der Waals surface area contributed by atoms with Crippen LogP contribution in [0.15, 0.2) is 35.3 Å². The summed E-state index contributed by atoms with van der Waals surface area (Å²) in [5, 5.41) is 0. The molecule has 0 bridgehead atoms. The molecule has 0 saturated carbocycles. The molecule has 0 radical (unpaired) electrons. The standard InChI is InChI=1S/C25H29F3N4O2/c1-14-12-34-24-10-22-18(8-23(24)31(14)21-4-5-33-13-21)11-30-16(3)32(22)15(2)17-6-19(25(26,27)28)9-20(29)7-17/h6-11,14-16,21H,4-5,12-13,29H2,1-3H3/t14?,15-,16?,21?/m1/s1. The maximum atomic E-state index is 13.4. The van der Waals surface area contributed by atoms with Crippen LogP contribution in [0.5, 0.6) is 5.75 Å². The third-order valence-corrected chi connectivity index (χ3v) is 6.96. The molecule has 2 aromatic rings. The van der Waals surface area contributed by atoms with Gasteiger partial charge < -0.3 is 25.0 Å². The van der Waals surface area contributed by atoms with Crippen molar-refractivity contribution >= 4 is 23.3 Å². The topological polar surface area (TPSA) is 63.3 Å². The Kier molecular flexibility index (Phi) is 5.62. The minimum absolute atomic E-state index is 0.0854. The van der Waals surface area contributed by atoms with Gasteiger partial charge in [0, 0.05) is 30.1 Å². The van der Waals surface area contributed by atoms with Gasteiger partial charge in [-0.2, -0.15) is 13.2 Å². The molecular weight excluding hydrogens is 445 g/mol. The number of hydrogen-bond donors (Lipinski definition) is 1. The summed E-state index contributed by atoms with van der Waals surface area (Å²) >= 11 is 0. The van der Waals surface area contributed by atoms with Crippen LogP contribution in [0.4, 0.5) is 30.2 Å². The summed E-state index contributed by atoms with van der Waals surface area (Å²) in [7, 11) is 0. The average molecular weight is 475 g/mol. The van der Waals surface area contributed by atoms with Crippen molar-refractivity contribution in [3.05, 3.63) is 47.0 Å². The summed E-state index contributed by atoms with van der Waals surface area (Å²) in [5.74, 6) is 0.770. The number of nitrogen functional groups attached to an aromatic ring is 1. The molecule has 1 saturated heterocycles. The highest BCUT2D eigenvalue weighted by molar-refractivity contribution is 5.93. The molecule has 3 heterocycles. The van der Waals surface area contributed by atoms with E-state index in [0.29, 0.717) is 24.8 Å². The van der Waals surface area contributed by atoms with Gasteiger partial charge in [0.15, 0.2) is 0 Å². The van der Waals surface area contributed by atoms with Crippen LogP contribution in [-0.2, 0) is 10.9 Å². The van der Waals surface area contributed by atoms with E-state index in [1.54, 1.807) is 6.07 Å². The molecule has 3 aliphatic heterocycles. The Balaban J connectivity index is 1.55. The number of anilines is 3. The summed E-state index contributed by atoms with van der Waals surface area (Å²) in [6.07, 6.45) is -1.93. The van der Waals surface area contributed by atoms with E-state index in [2.05, 4.69) is 22.9 Å². The van der Waals surface area contributed by atoms with Crippen molar-refractivity contribution in [2.45, 2.75) is 57.7 Å². The van der Waals surface area contributed by atoms with Crippen molar-refractivity contribution in [3.8, 4) is 5.75 Å². The van der Waals surface area contributed by atoms with E-state index < -0.39 is 17.8 Å². The molecule has 0 aliphatic carbocycles. The molecule has 34 heavy (non-hydrogen) atoms. The van der Waals surface area contributed by atoms with Gasteiger partial charge in [0.1, 0.15) is 18.5 Å². The first-order valence-corrected chi connectivity index (χ1v) is 11.6. The number of nitrogens with two attached hydrogens (primary N) is 1. The van der Waals surface area contributed by atoms with E-state index in [0.717, 1.165) is 41.8 Å². The average Bonchev–Trinajstić information content (AvgIpc) is 3.31. The molecule has 1 fully saturated rings. The van der Waals surface area contributed by atoms with Gasteiger partial charge in [0.05, 0.1) is 41.7 Å². The largest absolute Gasteiger partial charge is 0.489 e. The first kappa shape index (κ1) is 22.8. The van der Waals surface area contributed by atoms with Crippen molar-refractivity contribution in [1.82, 2.24) is 0 Å². The Labute approximate surface area is 197 Å². The highest BCUT2D eigenvalue weighted by Crippen LogP contribution is 2.45. The fourth-order valence-corrected chi connectivity index (χ4v) is 5.28. The number of rotatable bonds is 3. The third kappa shape index (κ3) is 3.96. The maximum absolute atomic E-state index is 13.4. The Morgan fingerprint density at radius 3 is 2.59 bits per heavy atom. The van der Waals surface area contributed by atoms with Gasteiger partial charge in [0.2, 0.25) is 0 Å². The van der Waals surface area contributed by atoms with Crippen LogP contribution >= 0.6 is 0 Å². The zero-order chi connectivity index (χ0) is 24.2. The first-order chi connectivity index (χ1) is 16.1. The van der Waals surface area contributed by atoms with Gasteiger partial charge in [0.25, 0.3) is 0 Å². The van der Waals surface area contributed by atoms with E-state index >= 15 is 0 Å². The van der Waals surface area contributed by atoms with Crippen LogP contribution in [0.25, 0.3) is 0 Å². The molecule has 2 N–H and O–H groups in total. The molecule has 182 valence electrons. The van der Waals surface area contributed by atoms with Gasteiger partial charge in [-0.3, -0.25) is 4.99 Å². The monoisotopic (exact) mass is 474 g/mol. The van der Waals surface area contributed by atoms with Gasteiger partial charge in [-0.15, -0.1) is 0 Å². The van der Waals surface area contributed by atoms with Crippen LogP contribution < -0.4 is 20.3 Å². The van der Waals surface area contributed by atoms with Crippen molar-refractivity contribution in [1.29, 1.82) is 0 Å². The number of fused-ring (bicyclic) bond motifs is 2. The summed E-state index contributed by atoms with van der Waals surface area (Å²) < 4.78 is 52.0. The van der Waals surface area contributed by atoms with Crippen LogP contribution in [0.1, 0.15) is 49.9 Å². The van der Waals surface area contributed by atoms with Crippen molar-refractivity contribution < 1.29 is 22.6 Å². The molecule has 0 amide bonds. The van der Waals surface area contributed by atoms with Crippen LogP contribution in [-0.4, -0.2) is 44.3 Å². The molecule has 6 nitrogen and oxygen atoms in total. The number of ether oxygens (including phenoxy) is 2.